The average molecular weight is 408 g/mol. The molecule has 0 aliphatic heterocycles. The van der Waals surface area contributed by atoms with Crippen LogP contribution in [0.5, 0.6) is 0 Å². The highest BCUT2D eigenvalue weighted by molar-refractivity contribution is 7.87. The van der Waals surface area contributed by atoms with E-state index < -0.39 is 52.5 Å². The molecule has 0 amide bonds. The Morgan fingerprint density at radius 2 is 1.17 bits per heavy atom. The Kier molecular flexibility index (Phi) is 6.19. The van der Waals surface area contributed by atoms with Gasteiger partial charge in [0.15, 0.2) is 0 Å². The minimum Gasteiger partial charge on any atom is -0.378 e. The van der Waals surface area contributed by atoms with Crippen LogP contribution in [0.15, 0.2) is 0 Å². The number of alkyl halides is 11. The van der Waals surface area contributed by atoms with Gasteiger partial charge in [0.05, 0.1) is 0 Å². The van der Waals surface area contributed by atoms with Crippen LogP contribution in [-0.2, 0) is 19.0 Å². The minimum atomic E-state index is -7.55. The monoisotopic (exact) mass is 408 g/mol. The first-order valence-corrected chi connectivity index (χ1v) is 6.63. The number of rotatable bonds is 8. The van der Waals surface area contributed by atoms with Crippen molar-refractivity contribution in [1.82, 2.24) is 0 Å². The van der Waals surface area contributed by atoms with Crippen molar-refractivity contribution in [3.8, 4) is 0 Å². The first-order chi connectivity index (χ1) is 10.3. The van der Waals surface area contributed by atoms with Gasteiger partial charge in [0, 0.05) is 7.11 Å². The van der Waals surface area contributed by atoms with Gasteiger partial charge in [-0.15, -0.1) is 0 Å². The Morgan fingerprint density at radius 3 is 1.50 bits per heavy atom. The van der Waals surface area contributed by atoms with E-state index in [1.165, 1.54) is 0 Å². The van der Waals surface area contributed by atoms with Crippen LogP contribution >= 0.6 is 0 Å². The Balaban J connectivity index is 5.71. The number of halogens is 11. The summed E-state index contributed by atoms with van der Waals surface area (Å²) in [5.74, 6) is -19.4. The Labute approximate surface area is 126 Å². The summed E-state index contributed by atoms with van der Waals surface area (Å²) in [4.78, 5) is 0. The van der Waals surface area contributed by atoms with Gasteiger partial charge in [-0.3, -0.25) is 4.18 Å². The van der Waals surface area contributed by atoms with E-state index >= 15 is 0 Å². The van der Waals surface area contributed by atoms with E-state index in [1.54, 1.807) is 0 Å². The standard InChI is InChI=1S/C8H7F11O4S/c1-22-2-4(9,10)3-23-24(20,21)8(18,19)6(13,14)5(11,12)7(15,16)17/h2-3H2,1H3. The predicted molar refractivity (Wildman–Crippen MR) is 52.6 cm³/mol. The van der Waals surface area contributed by atoms with Gasteiger partial charge in [0.1, 0.15) is 13.2 Å². The highest BCUT2D eigenvalue weighted by atomic mass is 32.2. The molecule has 0 heterocycles. The normalized spacial score (nSPS) is 15.7. The van der Waals surface area contributed by atoms with Crippen molar-refractivity contribution >= 4 is 10.1 Å². The number of hydrogen-bond acceptors (Lipinski definition) is 4. The minimum absolute atomic E-state index is 0.634. The summed E-state index contributed by atoms with van der Waals surface area (Å²) in [6.45, 7) is -4.21. The van der Waals surface area contributed by atoms with Crippen LogP contribution in [0.1, 0.15) is 0 Å². The fourth-order valence-electron chi connectivity index (χ4n) is 1.01. The van der Waals surface area contributed by atoms with Crippen LogP contribution in [-0.4, -0.2) is 57.9 Å². The quantitative estimate of drug-likeness (QED) is 0.458. The topological polar surface area (TPSA) is 52.6 Å². The molecule has 0 unspecified atom stereocenters. The molecule has 0 aromatic rings. The largest absolute Gasteiger partial charge is 0.460 e. The fraction of sp³-hybridized carbons (Fsp3) is 1.00. The van der Waals surface area contributed by atoms with Gasteiger partial charge >= 0.3 is 33.4 Å². The zero-order valence-electron chi connectivity index (χ0n) is 11.1. The second-order valence-corrected chi connectivity index (χ2v) is 5.83. The zero-order valence-corrected chi connectivity index (χ0v) is 11.9. The maximum Gasteiger partial charge on any atom is 0.460 e. The van der Waals surface area contributed by atoms with E-state index in [0.717, 1.165) is 0 Å². The second kappa shape index (κ2) is 6.44. The molecule has 24 heavy (non-hydrogen) atoms. The molecule has 0 radical (unpaired) electrons. The van der Waals surface area contributed by atoms with Crippen molar-refractivity contribution in [2.24, 2.45) is 0 Å². The van der Waals surface area contributed by atoms with Gasteiger partial charge in [-0.1, -0.05) is 0 Å². The molecule has 16 heteroatoms. The van der Waals surface area contributed by atoms with E-state index in [4.69, 9.17) is 0 Å². The molecule has 4 nitrogen and oxygen atoms in total. The molecule has 0 aliphatic rings. The summed E-state index contributed by atoms with van der Waals surface area (Å²) in [5.41, 5.74) is 0. The van der Waals surface area contributed by atoms with Crippen molar-refractivity contribution < 1.29 is 65.6 Å². The van der Waals surface area contributed by atoms with Gasteiger partial charge in [0.2, 0.25) is 0 Å². The van der Waals surface area contributed by atoms with Crippen molar-refractivity contribution in [1.29, 1.82) is 0 Å². The molecular formula is C8H7F11O4S. The summed E-state index contributed by atoms with van der Waals surface area (Å²) in [7, 11) is -6.68. The molecular weight excluding hydrogens is 401 g/mol. The molecule has 0 fully saturated rings. The van der Waals surface area contributed by atoms with Crippen molar-refractivity contribution in [3.05, 3.63) is 0 Å². The molecule has 0 spiro atoms. The summed E-state index contributed by atoms with van der Waals surface area (Å²) in [6.07, 6.45) is -7.27. The Hall–Kier alpha value is -0.900. The molecule has 0 bridgehead atoms. The molecule has 0 aliphatic carbocycles. The molecule has 146 valence electrons. The maximum atomic E-state index is 13.0. The van der Waals surface area contributed by atoms with E-state index in [9.17, 15) is 56.7 Å². The van der Waals surface area contributed by atoms with Gasteiger partial charge in [0.25, 0.3) is 5.92 Å². The highest BCUT2D eigenvalue weighted by Crippen LogP contribution is 2.55. The summed E-state index contributed by atoms with van der Waals surface area (Å²) < 4.78 is 166. The Morgan fingerprint density at radius 1 is 0.750 bits per heavy atom. The number of ether oxygens (including phenoxy) is 1. The zero-order chi connectivity index (χ0) is 19.8. The third-order valence-corrected chi connectivity index (χ3v) is 3.52. The van der Waals surface area contributed by atoms with E-state index in [-0.39, 0.29) is 0 Å². The molecule has 0 atom stereocenters. The van der Waals surface area contributed by atoms with Gasteiger partial charge in [-0.2, -0.15) is 47.9 Å². The SMILES string of the molecule is COCC(F)(F)COS(=O)(=O)C(F)(F)C(F)(F)C(F)(F)C(F)(F)F. The first kappa shape index (κ1) is 23.1. The van der Waals surface area contributed by atoms with Crippen LogP contribution in [0.25, 0.3) is 0 Å². The van der Waals surface area contributed by atoms with E-state index in [1.807, 2.05) is 0 Å². The number of methoxy groups -OCH3 is 1. The van der Waals surface area contributed by atoms with Gasteiger partial charge < -0.3 is 4.74 Å². The lowest BCUT2D eigenvalue weighted by atomic mass is 10.1. The average Bonchev–Trinajstić information content (AvgIpc) is 2.34. The van der Waals surface area contributed by atoms with Crippen LogP contribution in [0.3, 0.4) is 0 Å². The summed E-state index contributed by atoms with van der Waals surface area (Å²) in [6, 6.07) is 0. The van der Waals surface area contributed by atoms with Crippen LogP contribution in [0.2, 0.25) is 0 Å². The fourth-order valence-corrected chi connectivity index (χ4v) is 1.93. The molecule has 0 aromatic carbocycles. The molecule has 0 aromatic heterocycles. The van der Waals surface area contributed by atoms with Gasteiger partial charge in [-0.25, -0.2) is 8.78 Å². The summed E-state index contributed by atoms with van der Waals surface area (Å²) in [5, 5.41) is -7.18. The van der Waals surface area contributed by atoms with Crippen molar-refractivity contribution in [2.45, 2.75) is 29.2 Å². The van der Waals surface area contributed by atoms with E-state index in [0.29, 0.717) is 7.11 Å². The highest BCUT2D eigenvalue weighted by Gasteiger charge is 2.85. The predicted octanol–water partition coefficient (Wildman–Crippen LogP) is 3.04. The lowest BCUT2D eigenvalue weighted by molar-refractivity contribution is -0.382. The van der Waals surface area contributed by atoms with E-state index in [2.05, 4.69) is 8.92 Å². The lowest BCUT2D eigenvalue weighted by Crippen LogP contribution is -2.63. The van der Waals surface area contributed by atoms with Crippen LogP contribution in [0.4, 0.5) is 48.3 Å². The smallest absolute Gasteiger partial charge is 0.378 e. The molecule has 0 N–H and O–H groups in total. The van der Waals surface area contributed by atoms with Crippen molar-refractivity contribution in [2.75, 3.05) is 20.3 Å². The second-order valence-electron chi connectivity index (χ2n) is 4.17. The summed E-state index contributed by atoms with van der Waals surface area (Å²) >= 11 is 0. The molecule has 0 rings (SSSR count). The number of hydrogen-bond donors (Lipinski definition) is 0. The lowest BCUT2D eigenvalue weighted by Gasteiger charge is -2.32. The third kappa shape index (κ3) is 4.01. The Bertz CT molecular complexity index is 539. The van der Waals surface area contributed by atoms with Crippen molar-refractivity contribution in [3.63, 3.8) is 0 Å². The van der Waals surface area contributed by atoms with Crippen LogP contribution < -0.4 is 0 Å². The third-order valence-electron chi connectivity index (χ3n) is 2.21. The van der Waals surface area contributed by atoms with Gasteiger partial charge in [-0.05, 0) is 0 Å². The first-order valence-electron chi connectivity index (χ1n) is 5.23. The molecule has 0 saturated heterocycles. The van der Waals surface area contributed by atoms with Crippen LogP contribution in [0, 0.1) is 0 Å². The molecule has 0 saturated carbocycles. The maximum absolute atomic E-state index is 13.0.